The van der Waals surface area contributed by atoms with Crippen molar-refractivity contribution in [2.24, 2.45) is 5.41 Å². The van der Waals surface area contributed by atoms with Crippen molar-refractivity contribution < 1.29 is 13.9 Å². The van der Waals surface area contributed by atoms with Crippen LogP contribution in [0.5, 0.6) is 0 Å². The third-order valence-electron chi connectivity index (χ3n) is 5.67. The first-order valence-electron chi connectivity index (χ1n) is 9.62. The lowest BCUT2D eigenvalue weighted by Crippen LogP contribution is -2.37. The van der Waals surface area contributed by atoms with Gasteiger partial charge in [-0.3, -0.25) is 4.98 Å². The van der Waals surface area contributed by atoms with Crippen LogP contribution in [0.2, 0.25) is 0 Å². The maximum Gasteiger partial charge on any atom is 0.183 e. The van der Waals surface area contributed by atoms with Crippen LogP contribution in [0, 0.1) is 11.2 Å². The summed E-state index contributed by atoms with van der Waals surface area (Å²) in [4.78, 5) is 11.5. The second-order valence-corrected chi connectivity index (χ2v) is 7.28. The zero-order valence-electron chi connectivity index (χ0n) is 16.1. The van der Waals surface area contributed by atoms with E-state index in [-0.39, 0.29) is 11.2 Å². The molecule has 3 heterocycles. The molecule has 0 saturated carbocycles. The Morgan fingerprint density at radius 1 is 1.11 bits per heavy atom. The minimum Gasteiger partial charge on any atom is -0.348 e. The van der Waals surface area contributed by atoms with Crippen LogP contribution in [0.25, 0.3) is 22.6 Å². The van der Waals surface area contributed by atoms with Crippen LogP contribution >= 0.6 is 0 Å². The molecule has 5 nitrogen and oxygen atoms in total. The molecule has 0 radical (unpaired) electrons. The highest BCUT2D eigenvalue weighted by atomic mass is 19.1. The van der Waals surface area contributed by atoms with Crippen LogP contribution in [0.3, 0.4) is 0 Å². The third-order valence-corrected chi connectivity index (χ3v) is 5.67. The van der Waals surface area contributed by atoms with E-state index in [1.165, 1.54) is 6.07 Å². The van der Waals surface area contributed by atoms with Crippen LogP contribution in [0.1, 0.15) is 38.5 Å². The van der Waals surface area contributed by atoms with Crippen molar-refractivity contribution in [3.63, 3.8) is 0 Å². The molecule has 1 N–H and O–H groups in total. The highest BCUT2D eigenvalue weighted by molar-refractivity contribution is 5.64. The van der Waals surface area contributed by atoms with Gasteiger partial charge in [-0.15, -0.1) is 0 Å². The fraction of sp³-hybridized carbons (Fsp3) is 0.364. The highest BCUT2D eigenvalue weighted by Crippen LogP contribution is 2.37. The van der Waals surface area contributed by atoms with Gasteiger partial charge in [0, 0.05) is 28.9 Å². The average Bonchev–Trinajstić information content (AvgIpc) is 3.24. The van der Waals surface area contributed by atoms with E-state index >= 15 is 0 Å². The Hall–Kier alpha value is -2.57. The number of halogens is 1. The molecule has 6 heteroatoms. The minimum atomic E-state index is -0.529. The van der Waals surface area contributed by atoms with Crippen LogP contribution in [-0.2, 0) is 9.47 Å². The van der Waals surface area contributed by atoms with E-state index in [9.17, 15) is 4.39 Å². The van der Waals surface area contributed by atoms with Crippen molar-refractivity contribution in [2.45, 2.75) is 33.0 Å². The van der Waals surface area contributed by atoms with E-state index in [4.69, 9.17) is 9.47 Å². The van der Waals surface area contributed by atoms with Crippen molar-refractivity contribution in [3.05, 3.63) is 60.3 Å². The molecule has 0 bridgehead atoms. The van der Waals surface area contributed by atoms with Gasteiger partial charge in [0.2, 0.25) is 0 Å². The van der Waals surface area contributed by atoms with Gasteiger partial charge in [-0.05, 0) is 37.1 Å². The third kappa shape index (κ3) is 3.57. The lowest BCUT2D eigenvalue weighted by molar-refractivity contribution is -0.235. The monoisotopic (exact) mass is 381 g/mol. The smallest absolute Gasteiger partial charge is 0.183 e. The molecule has 1 fully saturated rings. The van der Waals surface area contributed by atoms with Gasteiger partial charge >= 0.3 is 0 Å². The number of aromatic amines is 1. The summed E-state index contributed by atoms with van der Waals surface area (Å²) < 4.78 is 26.6. The van der Waals surface area contributed by atoms with Crippen molar-refractivity contribution in [2.75, 3.05) is 13.2 Å². The van der Waals surface area contributed by atoms with E-state index < -0.39 is 6.29 Å². The van der Waals surface area contributed by atoms with Crippen LogP contribution < -0.4 is 0 Å². The Labute approximate surface area is 164 Å². The first kappa shape index (κ1) is 18.8. The van der Waals surface area contributed by atoms with Crippen LogP contribution in [0.15, 0.2) is 48.9 Å². The number of nitrogens with zero attached hydrogens (tertiary/aromatic N) is 2. The summed E-state index contributed by atoms with van der Waals surface area (Å²) in [5.74, 6) is 0.125. The van der Waals surface area contributed by atoms with Crippen molar-refractivity contribution in [1.29, 1.82) is 0 Å². The number of nitrogens with one attached hydrogen (secondary N) is 1. The fourth-order valence-electron chi connectivity index (χ4n) is 3.45. The fourth-order valence-corrected chi connectivity index (χ4v) is 3.45. The SMILES string of the molecule is CCC1(CC)COC(c2ccc(-c3ncc(-c4ccncc4)[nH]3)c(F)c2)OC1. The number of aromatic nitrogens is 3. The molecule has 0 unspecified atom stereocenters. The molecule has 2 aromatic heterocycles. The summed E-state index contributed by atoms with van der Waals surface area (Å²) in [5, 5.41) is 0. The van der Waals surface area contributed by atoms with Gasteiger partial charge in [-0.2, -0.15) is 0 Å². The second-order valence-electron chi connectivity index (χ2n) is 7.28. The lowest BCUT2D eigenvalue weighted by Gasteiger charge is -2.39. The maximum atomic E-state index is 14.8. The number of hydrogen-bond acceptors (Lipinski definition) is 4. The minimum absolute atomic E-state index is 0.0620. The Bertz CT molecular complexity index is 928. The Morgan fingerprint density at radius 3 is 2.46 bits per heavy atom. The summed E-state index contributed by atoms with van der Waals surface area (Å²) in [6.07, 6.45) is 6.59. The average molecular weight is 381 g/mol. The van der Waals surface area contributed by atoms with Crippen LogP contribution in [0.4, 0.5) is 4.39 Å². The number of rotatable bonds is 5. The molecule has 1 aliphatic heterocycles. The number of pyridine rings is 1. The molecule has 1 aliphatic rings. The molecule has 0 amide bonds. The number of H-pyrrole nitrogens is 1. The van der Waals surface area contributed by atoms with Crippen molar-refractivity contribution in [1.82, 2.24) is 15.0 Å². The zero-order chi connectivity index (χ0) is 19.6. The first-order valence-corrected chi connectivity index (χ1v) is 9.62. The summed E-state index contributed by atoms with van der Waals surface area (Å²) in [6.45, 7) is 5.55. The lowest BCUT2D eigenvalue weighted by atomic mass is 9.83. The predicted molar refractivity (Wildman–Crippen MR) is 105 cm³/mol. The van der Waals surface area contributed by atoms with Gasteiger partial charge in [-0.1, -0.05) is 19.9 Å². The van der Waals surface area contributed by atoms with Crippen LogP contribution in [-0.4, -0.2) is 28.2 Å². The Balaban J connectivity index is 1.52. The molecule has 3 aromatic rings. The normalized spacial score (nSPS) is 17.0. The molecule has 1 saturated heterocycles. The zero-order valence-corrected chi connectivity index (χ0v) is 16.1. The molecule has 0 atom stereocenters. The van der Waals surface area contributed by atoms with E-state index in [0.717, 1.165) is 24.1 Å². The quantitative estimate of drug-likeness (QED) is 0.666. The first-order chi connectivity index (χ1) is 13.6. The molecule has 146 valence electrons. The summed E-state index contributed by atoms with van der Waals surface area (Å²) in [6, 6.07) is 8.78. The van der Waals surface area contributed by atoms with E-state index in [1.807, 2.05) is 18.2 Å². The van der Waals surface area contributed by atoms with Crippen molar-refractivity contribution in [3.8, 4) is 22.6 Å². The van der Waals surface area contributed by atoms with E-state index in [1.54, 1.807) is 24.7 Å². The highest BCUT2D eigenvalue weighted by Gasteiger charge is 2.34. The number of ether oxygens (including phenoxy) is 2. The second kappa shape index (κ2) is 7.81. The number of hydrogen-bond donors (Lipinski definition) is 1. The standard InChI is InChI=1S/C22H24FN3O2/c1-3-22(4-2)13-27-21(28-14-22)16-5-6-17(18(23)11-16)20-25-12-19(26-20)15-7-9-24-10-8-15/h5-12,21H,3-4,13-14H2,1-2H3,(H,25,26). The largest absolute Gasteiger partial charge is 0.348 e. The number of benzene rings is 1. The van der Waals surface area contributed by atoms with Crippen molar-refractivity contribution >= 4 is 0 Å². The van der Waals surface area contributed by atoms with Gasteiger partial charge in [0.15, 0.2) is 6.29 Å². The van der Waals surface area contributed by atoms with Gasteiger partial charge in [0.05, 0.1) is 30.7 Å². The molecule has 0 spiro atoms. The maximum absolute atomic E-state index is 14.8. The molecule has 28 heavy (non-hydrogen) atoms. The molecule has 1 aromatic carbocycles. The Kier molecular flexibility index (Phi) is 5.24. The molecular weight excluding hydrogens is 357 g/mol. The number of imidazole rings is 1. The topological polar surface area (TPSA) is 60.0 Å². The van der Waals surface area contributed by atoms with E-state index in [2.05, 4.69) is 28.8 Å². The molecule has 4 rings (SSSR count). The summed E-state index contributed by atoms with van der Waals surface area (Å²) in [5.41, 5.74) is 2.92. The molecule has 0 aliphatic carbocycles. The van der Waals surface area contributed by atoms with E-state index in [0.29, 0.717) is 30.2 Å². The predicted octanol–water partition coefficient (Wildman–Crippen LogP) is 5.13. The van der Waals surface area contributed by atoms with Gasteiger partial charge in [-0.25, -0.2) is 9.37 Å². The molecular formula is C22H24FN3O2. The summed E-state index contributed by atoms with van der Waals surface area (Å²) >= 11 is 0. The van der Waals surface area contributed by atoms with Gasteiger partial charge in [0.25, 0.3) is 0 Å². The van der Waals surface area contributed by atoms with Gasteiger partial charge < -0.3 is 14.5 Å². The summed E-state index contributed by atoms with van der Waals surface area (Å²) in [7, 11) is 0. The van der Waals surface area contributed by atoms with Gasteiger partial charge in [0.1, 0.15) is 11.6 Å². The Morgan fingerprint density at radius 2 is 1.82 bits per heavy atom.